The number of nitrogens with zero attached hydrogens (tertiary/aromatic N) is 4. The summed E-state index contributed by atoms with van der Waals surface area (Å²) in [5, 5.41) is -0.193. The molecule has 1 unspecified atom stereocenters. The zero-order chi connectivity index (χ0) is 22.8. The zero-order valence-electron chi connectivity index (χ0n) is 18.8. The molecule has 168 valence electrons. The van der Waals surface area contributed by atoms with Crippen LogP contribution in [-0.2, 0) is 10.0 Å². The van der Waals surface area contributed by atoms with Crippen LogP contribution in [0.1, 0.15) is 50.9 Å². The van der Waals surface area contributed by atoms with Gasteiger partial charge in [-0.1, -0.05) is 19.9 Å². The predicted octanol–water partition coefficient (Wildman–Crippen LogP) is 3.07. The van der Waals surface area contributed by atoms with Gasteiger partial charge >= 0.3 is 0 Å². The Labute approximate surface area is 184 Å². The lowest BCUT2D eigenvalue weighted by Gasteiger charge is -2.36. The van der Waals surface area contributed by atoms with Crippen LogP contribution in [0.25, 0.3) is 0 Å². The smallest absolute Gasteiger partial charge is 0.281 e. The van der Waals surface area contributed by atoms with Gasteiger partial charge in [0.25, 0.3) is 15.9 Å². The Balaban J connectivity index is 1.88. The maximum atomic E-state index is 13.0. The summed E-state index contributed by atoms with van der Waals surface area (Å²) in [6.07, 6.45) is 3.50. The van der Waals surface area contributed by atoms with E-state index >= 15 is 0 Å². The van der Waals surface area contributed by atoms with Crippen LogP contribution in [0, 0.1) is 5.92 Å². The normalized spacial score (nSPS) is 18.1. The van der Waals surface area contributed by atoms with Gasteiger partial charge in [-0.25, -0.2) is 14.7 Å². The summed E-state index contributed by atoms with van der Waals surface area (Å²) < 4.78 is 28.0. The highest BCUT2D eigenvalue weighted by molar-refractivity contribution is 7.90. The fourth-order valence-corrected chi connectivity index (χ4v) is 4.77. The minimum absolute atomic E-state index is 0.192. The maximum Gasteiger partial charge on any atom is 0.281 e. The number of hydrogen-bond acceptors (Lipinski definition) is 7. The Morgan fingerprint density at radius 3 is 2.68 bits per heavy atom. The molecule has 1 aliphatic rings. The molecule has 1 amide bonds. The molecular formula is C22H31N5O3S. The van der Waals surface area contributed by atoms with Crippen LogP contribution >= 0.6 is 0 Å². The van der Waals surface area contributed by atoms with Gasteiger partial charge in [0, 0.05) is 31.9 Å². The first kappa shape index (κ1) is 23.0. The van der Waals surface area contributed by atoms with Crippen LogP contribution in [0.15, 0.2) is 41.6 Å². The average molecular weight is 446 g/mol. The third kappa shape index (κ3) is 4.66. The molecule has 1 N–H and O–H groups in total. The van der Waals surface area contributed by atoms with Crippen LogP contribution < -0.4 is 14.5 Å². The maximum absolute atomic E-state index is 13.0. The van der Waals surface area contributed by atoms with E-state index in [1.165, 1.54) is 6.07 Å². The van der Waals surface area contributed by atoms with Gasteiger partial charge in [0.15, 0.2) is 5.03 Å². The van der Waals surface area contributed by atoms with Crippen LogP contribution in [-0.4, -0.2) is 50.0 Å². The number of anilines is 2. The van der Waals surface area contributed by atoms with Crippen molar-refractivity contribution in [1.29, 1.82) is 0 Å². The van der Waals surface area contributed by atoms with Crippen molar-refractivity contribution in [2.75, 3.05) is 29.9 Å². The summed E-state index contributed by atoms with van der Waals surface area (Å²) in [6.45, 7) is 9.92. The molecule has 2 aromatic rings. The highest BCUT2D eigenvalue weighted by Gasteiger charge is 2.40. The second kappa shape index (κ2) is 8.82. The Morgan fingerprint density at radius 1 is 1.29 bits per heavy atom. The third-order valence-corrected chi connectivity index (χ3v) is 7.37. The Bertz CT molecular complexity index is 1050. The molecule has 1 fully saturated rings. The largest absolute Gasteiger partial charge is 0.360 e. The number of amides is 1. The van der Waals surface area contributed by atoms with E-state index in [1.54, 1.807) is 30.5 Å². The molecule has 0 bridgehead atoms. The summed E-state index contributed by atoms with van der Waals surface area (Å²) in [4.78, 5) is 25.6. The molecule has 8 nitrogen and oxygen atoms in total. The van der Waals surface area contributed by atoms with Gasteiger partial charge in [-0.3, -0.25) is 4.79 Å². The topological polar surface area (TPSA) is 95.5 Å². The van der Waals surface area contributed by atoms with E-state index in [9.17, 15) is 13.2 Å². The lowest BCUT2D eigenvalue weighted by Crippen LogP contribution is -2.43. The average Bonchev–Trinajstić information content (AvgIpc) is 3.00. The first-order chi connectivity index (χ1) is 14.6. The zero-order valence-corrected chi connectivity index (χ0v) is 19.6. The Hall–Kier alpha value is -2.68. The molecule has 0 radical (unpaired) electrons. The fraction of sp³-hybridized carbons (Fsp3) is 0.500. The van der Waals surface area contributed by atoms with Crippen molar-refractivity contribution in [3.05, 3.63) is 42.1 Å². The summed E-state index contributed by atoms with van der Waals surface area (Å²) in [5.74, 6) is 0.731. The van der Waals surface area contributed by atoms with E-state index in [4.69, 9.17) is 0 Å². The standard InChI is InChI=1S/C22H31N5O3S/c1-6-14-26(5)18-10-7-11-19(24-18)31(29,30)25-21(28)17-9-8-13-23-20(17)27-15-12-16(2)22(27,3)4/h7-11,13,16H,6,12,14-15H2,1-5H3,(H,25,28). The molecule has 9 heteroatoms. The second-order valence-corrected chi connectivity index (χ2v) is 10.2. The molecule has 0 spiro atoms. The second-order valence-electron chi connectivity index (χ2n) is 8.56. The molecule has 2 aromatic heterocycles. The van der Waals surface area contributed by atoms with Gasteiger partial charge in [-0.05, 0) is 56.9 Å². The monoisotopic (exact) mass is 445 g/mol. The van der Waals surface area contributed by atoms with Crippen molar-refractivity contribution < 1.29 is 13.2 Å². The van der Waals surface area contributed by atoms with Crippen LogP contribution in [0.5, 0.6) is 0 Å². The van der Waals surface area contributed by atoms with Crippen molar-refractivity contribution in [2.24, 2.45) is 5.92 Å². The lowest BCUT2D eigenvalue weighted by atomic mass is 9.90. The number of pyridine rings is 2. The van der Waals surface area contributed by atoms with E-state index in [0.717, 1.165) is 25.9 Å². The van der Waals surface area contributed by atoms with Crippen LogP contribution in [0.2, 0.25) is 0 Å². The summed E-state index contributed by atoms with van der Waals surface area (Å²) >= 11 is 0. The molecule has 1 saturated heterocycles. The molecule has 31 heavy (non-hydrogen) atoms. The molecule has 0 aromatic carbocycles. The van der Waals surface area contributed by atoms with Crippen LogP contribution in [0.3, 0.4) is 0 Å². The minimum Gasteiger partial charge on any atom is -0.360 e. The molecule has 1 aliphatic heterocycles. The van der Waals surface area contributed by atoms with Gasteiger partial charge in [-0.15, -0.1) is 0 Å². The molecule has 1 atom stereocenters. The van der Waals surface area contributed by atoms with Gasteiger partial charge in [0.1, 0.15) is 11.6 Å². The molecule has 3 heterocycles. The highest BCUT2D eigenvalue weighted by Crippen LogP contribution is 2.38. The Morgan fingerprint density at radius 2 is 2.03 bits per heavy atom. The number of rotatable bonds is 7. The fourth-order valence-electron chi connectivity index (χ4n) is 3.84. The van der Waals surface area contributed by atoms with E-state index < -0.39 is 15.9 Å². The number of nitrogens with one attached hydrogen (secondary N) is 1. The van der Waals surface area contributed by atoms with E-state index in [1.807, 2.05) is 18.9 Å². The summed E-state index contributed by atoms with van der Waals surface area (Å²) in [5.41, 5.74) is 0.0367. The van der Waals surface area contributed by atoms with Gasteiger partial charge in [0.05, 0.1) is 5.56 Å². The number of carbonyl (C=O) groups excluding carboxylic acids is 1. The molecular weight excluding hydrogens is 414 g/mol. The third-order valence-electron chi connectivity index (χ3n) is 6.14. The SMILES string of the molecule is CCCN(C)c1cccc(S(=O)(=O)NC(=O)c2cccnc2N2CCC(C)C2(C)C)n1. The van der Waals surface area contributed by atoms with Crippen molar-refractivity contribution >= 4 is 27.6 Å². The number of aromatic nitrogens is 2. The highest BCUT2D eigenvalue weighted by atomic mass is 32.2. The van der Waals surface area contributed by atoms with E-state index in [2.05, 4.69) is 40.4 Å². The van der Waals surface area contributed by atoms with E-state index in [-0.39, 0.29) is 16.1 Å². The predicted molar refractivity (Wildman–Crippen MR) is 122 cm³/mol. The summed E-state index contributed by atoms with van der Waals surface area (Å²) in [6, 6.07) is 7.99. The van der Waals surface area contributed by atoms with E-state index in [0.29, 0.717) is 17.6 Å². The number of carbonyl (C=O) groups is 1. The van der Waals surface area contributed by atoms with Crippen LogP contribution in [0.4, 0.5) is 11.6 Å². The van der Waals surface area contributed by atoms with Gasteiger partial charge < -0.3 is 9.80 Å². The van der Waals surface area contributed by atoms with Crippen molar-refractivity contribution in [3.8, 4) is 0 Å². The first-order valence-electron chi connectivity index (χ1n) is 10.6. The van der Waals surface area contributed by atoms with Gasteiger partial charge in [-0.2, -0.15) is 8.42 Å². The number of sulfonamides is 1. The lowest BCUT2D eigenvalue weighted by molar-refractivity contribution is 0.0981. The molecule has 3 rings (SSSR count). The Kier molecular flexibility index (Phi) is 6.54. The first-order valence-corrected chi connectivity index (χ1v) is 12.0. The van der Waals surface area contributed by atoms with Gasteiger partial charge in [0.2, 0.25) is 0 Å². The summed E-state index contributed by atoms with van der Waals surface area (Å²) in [7, 11) is -2.29. The number of hydrogen-bond donors (Lipinski definition) is 1. The molecule has 0 aliphatic carbocycles. The minimum atomic E-state index is -4.14. The van der Waals surface area contributed by atoms with Crippen molar-refractivity contribution in [2.45, 2.75) is 51.1 Å². The molecule has 0 saturated carbocycles. The van der Waals surface area contributed by atoms with Crippen molar-refractivity contribution in [3.63, 3.8) is 0 Å². The van der Waals surface area contributed by atoms with Crippen molar-refractivity contribution in [1.82, 2.24) is 14.7 Å². The quantitative estimate of drug-likeness (QED) is 0.700.